The van der Waals surface area contributed by atoms with Gasteiger partial charge in [0.25, 0.3) is 0 Å². The van der Waals surface area contributed by atoms with Gasteiger partial charge in [-0.15, -0.1) is 0 Å². The molecule has 2 aliphatic rings. The second kappa shape index (κ2) is 3.32. The Kier molecular flexibility index (Phi) is 2.35. The van der Waals surface area contributed by atoms with Crippen LogP contribution in [0.1, 0.15) is 19.3 Å². The van der Waals surface area contributed by atoms with Crippen LogP contribution < -0.4 is 5.32 Å². The van der Waals surface area contributed by atoms with E-state index in [0.717, 1.165) is 39.0 Å². The van der Waals surface area contributed by atoms with E-state index >= 15 is 0 Å². The molecule has 3 heteroatoms. The predicted molar refractivity (Wildman–Crippen MR) is 46.0 cm³/mol. The number of ether oxygens (including phenoxy) is 1. The van der Waals surface area contributed by atoms with Crippen molar-refractivity contribution in [1.29, 1.82) is 0 Å². The molecule has 1 unspecified atom stereocenters. The lowest BCUT2D eigenvalue weighted by Gasteiger charge is -2.32. The minimum absolute atomic E-state index is 0.124. The van der Waals surface area contributed by atoms with E-state index in [0.29, 0.717) is 5.92 Å². The summed E-state index contributed by atoms with van der Waals surface area (Å²) in [7, 11) is 0. The molecular weight excluding hydrogens is 154 g/mol. The molecule has 0 amide bonds. The Morgan fingerprint density at radius 2 is 2.17 bits per heavy atom. The van der Waals surface area contributed by atoms with Gasteiger partial charge in [-0.1, -0.05) is 0 Å². The SMILES string of the molecule is OCC1COC2(CCNCC2)C1. The average molecular weight is 171 g/mol. The van der Waals surface area contributed by atoms with Gasteiger partial charge >= 0.3 is 0 Å². The molecule has 2 N–H and O–H groups in total. The van der Waals surface area contributed by atoms with E-state index in [4.69, 9.17) is 9.84 Å². The van der Waals surface area contributed by atoms with Crippen molar-refractivity contribution in [2.24, 2.45) is 5.92 Å². The lowest BCUT2D eigenvalue weighted by molar-refractivity contribution is -0.0200. The van der Waals surface area contributed by atoms with Crippen molar-refractivity contribution in [1.82, 2.24) is 5.32 Å². The highest BCUT2D eigenvalue weighted by atomic mass is 16.5. The van der Waals surface area contributed by atoms with Crippen molar-refractivity contribution in [3.63, 3.8) is 0 Å². The number of aliphatic hydroxyl groups excluding tert-OH is 1. The van der Waals surface area contributed by atoms with Gasteiger partial charge < -0.3 is 15.2 Å². The summed E-state index contributed by atoms with van der Waals surface area (Å²) in [5, 5.41) is 12.3. The fraction of sp³-hybridized carbons (Fsp3) is 1.00. The van der Waals surface area contributed by atoms with E-state index in [-0.39, 0.29) is 12.2 Å². The maximum atomic E-state index is 8.98. The van der Waals surface area contributed by atoms with Crippen molar-refractivity contribution in [3.8, 4) is 0 Å². The molecule has 70 valence electrons. The minimum atomic E-state index is 0.124. The van der Waals surface area contributed by atoms with Crippen LogP contribution in [-0.2, 0) is 4.74 Å². The highest BCUT2D eigenvalue weighted by molar-refractivity contribution is 4.92. The summed E-state index contributed by atoms with van der Waals surface area (Å²) < 4.78 is 5.78. The molecule has 0 aromatic rings. The van der Waals surface area contributed by atoms with Crippen LogP contribution in [0.5, 0.6) is 0 Å². The molecule has 0 aromatic carbocycles. The third-order valence-corrected chi connectivity index (χ3v) is 3.06. The zero-order valence-corrected chi connectivity index (χ0v) is 7.38. The van der Waals surface area contributed by atoms with Gasteiger partial charge in [-0.25, -0.2) is 0 Å². The molecule has 1 spiro atoms. The van der Waals surface area contributed by atoms with Gasteiger partial charge in [0.15, 0.2) is 0 Å². The summed E-state index contributed by atoms with van der Waals surface area (Å²) >= 11 is 0. The first-order valence-corrected chi connectivity index (χ1v) is 4.80. The Morgan fingerprint density at radius 3 is 2.75 bits per heavy atom. The molecule has 0 aromatic heterocycles. The molecule has 2 aliphatic heterocycles. The first-order valence-electron chi connectivity index (χ1n) is 4.80. The summed E-state index contributed by atoms with van der Waals surface area (Å²) in [6, 6.07) is 0. The number of nitrogens with one attached hydrogen (secondary N) is 1. The Morgan fingerprint density at radius 1 is 1.42 bits per heavy atom. The summed E-state index contributed by atoms with van der Waals surface area (Å²) in [5.74, 6) is 0.392. The molecule has 2 heterocycles. The molecule has 0 bridgehead atoms. The van der Waals surface area contributed by atoms with E-state index in [1.165, 1.54) is 0 Å². The van der Waals surface area contributed by atoms with Crippen molar-refractivity contribution in [2.45, 2.75) is 24.9 Å². The van der Waals surface area contributed by atoms with Gasteiger partial charge in [-0.05, 0) is 32.4 Å². The third-order valence-electron chi connectivity index (χ3n) is 3.06. The average Bonchev–Trinajstić information content (AvgIpc) is 2.50. The zero-order valence-electron chi connectivity index (χ0n) is 7.38. The number of hydrogen-bond acceptors (Lipinski definition) is 3. The first kappa shape index (κ1) is 8.48. The standard InChI is InChI=1S/C9H17NO2/c11-6-8-5-9(12-7-8)1-3-10-4-2-9/h8,10-11H,1-7H2. The predicted octanol–water partition coefficient (Wildman–Crippen LogP) is 0.137. The Hall–Kier alpha value is -0.120. The van der Waals surface area contributed by atoms with E-state index in [1.807, 2.05) is 0 Å². The Labute approximate surface area is 73.1 Å². The topological polar surface area (TPSA) is 41.5 Å². The smallest absolute Gasteiger partial charge is 0.0711 e. The largest absolute Gasteiger partial charge is 0.396 e. The zero-order chi connectivity index (χ0) is 8.44. The summed E-state index contributed by atoms with van der Waals surface area (Å²) in [5.41, 5.74) is 0.124. The van der Waals surface area contributed by atoms with Crippen molar-refractivity contribution < 1.29 is 9.84 Å². The fourth-order valence-corrected chi connectivity index (χ4v) is 2.29. The molecule has 1 atom stereocenters. The van der Waals surface area contributed by atoms with Crippen molar-refractivity contribution >= 4 is 0 Å². The molecule has 12 heavy (non-hydrogen) atoms. The third kappa shape index (κ3) is 1.49. The number of aliphatic hydroxyl groups is 1. The molecule has 0 radical (unpaired) electrons. The van der Waals surface area contributed by atoms with Crippen LogP contribution in [0.4, 0.5) is 0 Å². The van der Waals surface area contributed by atoms with E-state index in [1.54, 1.807) is 0 Å². The molecular formula is C9H17NO2. The monoisotopic (exact) mass is 171 g/mol. The maximum Gasteiger partial charge on any atom is 0.0711 e. The Balaban J connectivity index is 1.94. The maximum absolute atomic E-state index is 8.98. The van der Waals surface area contributed by atoms with E-state index in [9.17, 15) is 0 Å². The van der Waals surface area contributed by atoms with E-state index in [2.05, 4.69) is 5.32 Å². The fourth-order valence-electron chi connectivity index (χ4n) is 2.29. The highest BCUT2D eigenvalue weighted by Crippen LogP contribution is 2.36. The van der Waals surface area contributed by atoms with Crippen LogP contribution in [0, 0.1) is 5.92 Å². The van der Waals surface area contributed by atoms with Gasteiger partial charge in [-0.2, -0.15) is 0 Å². The lowest BCUT2D eigenvalue weighted by atomic mass is 9.86. The molecule has 2 saturated heterocycles. The van der Waals surface area contributed by atoms with Crippen LogP contribution in [0.3, 0.4) is 0 Å². The quantitative estimate of drug-likeness (QED) is 0.589. The Bertz CT molecular complexity index is 155. The van der Waals surface area contributed by atoms with Gasteiger partial charge in [0, 0.05) is 12.5 Å². The lowest BCUT2D eigenvalue weighted by Crippen LogP contribution is -2.41. The van der Waals surface area contributed by atoms with E-state index < -0.39 is 0 Å². The van der Waals surface area contributed by atoms with Crippen LogP contribution in [0.15, 0.2) is 0 Å². The molecule has 0 aliphatic carbocycles. The first-order chi connectivity index (χ1) is 5.85. The molecule has 0 saturated carbocycles. The molecule has 3 nitrogen and oxygen atoms in total. The van der Waals surface area contributed by atoms with Crippen LogP contribution >= 0.6 is 0 Å². The second-order valence-corrected chi connectivity index (χ2v) is 4.00. The van der Waals surface area contributed by atoms with Crippen LogP contribution in [0.2, 0.25) is 0 Å². The second-order valence-electron chi connectivity index (χ2n) is 4.00. The molecule has 2 fully saturated rings. The summed E-state index contributed by atoms with van der Waals surface area (Å²) in [4.78, 5) is 0. The van der Waals surface area contributed by atoms with Gasteiger partial charge in [0.05, 0.1) is 12.2 Å². The van der Waals surface area contributed by atoms with Gasteiger partial charge in [0.1, 0.15) is 0 Å². The number of piperidine rings is 1. The van der Waals surface area contributed by atoms with Crippen molar-refractivity contribution in [3.05, 3.63) is 0 Å². The van der Waals surface area contributed by atoms with Crippen LogP contribution in [0.25, 0.3) is 0 Å². The number of rotatable bonds is 1. The normalized spacial score (nSPS) is 34.2. The van der Waals surface area contributed by atoms with Crippen molar-refractivity contribution in [2.75, 3.05) is 26.3 Å². The number of hydrogen-bond donors (Lipinski definition) is 2. The summed E-state index contributed by atoms with van der Waals surface area (Å²) in [6.45, 7) is 3.18. The van der Waals surface area contributed by atoms with Crippen LogP contribution in [-0.4, -0.2) is 37.0 Å². The molecule has 2 rings (SSSR count). The minimum Gasteiger partial charge on any atom is -0.396 e. The van der Waals surface area contributed by atoms with Gasteiger partial charge in [-0.3, -0.25) is 0 Å². The van der Waals surface area contributed by atoms with Gasteiger partial charge in [0.2, 0.25) is 0 Å². The highest BCUT2D eigenvalue weighted by Gasteiger charge is 2.40. The summed E-state index contributed by atoms with van der Waals surface area (Å²) in [6.07, 6.45) is 3.29.